The van der Waals surface area contributed by atoms with Crippen LogP contribution in [0.1, 0.15) is 11.1 Å². The van der Waals surface area contributed by atoms with Crippen molar-refractivity contribution in [1.82, 2.24) is 0 Å². The van der Waals surface area contributed by atoms with Gasteiger partial charge in [-0.05, 0) is 54.1 Å². The fourth-order valence-electron chi connectivity index (χ4n) is 2.85. The van der Waals surface area contributed by atoms with Crippen molar-refractivity contribution in [2.45, 2.75) is 0 Å². The standard InChI is InChI=1S/C24H17ClF2N2O3/c1-31-22-12-15(10-16(13-28)19-4-2-3-5-21(19)27)11-20(25)24(22)32-14-23(30)29-18-8-6-17(26)7-9-18/h2-12H,14H2,1H3,(H,29,30). The van der Waals surface area contributed by atoms with Gasteiger partial charge >= 0.3 is 0 Å². The lowest BCUT2D eigenvalue weighted by atomic mass is 10.0. The Labute approximate surface area is 188 Å². The molecule has 0 aliphatic carbocycles. The van der Waals surface area contributed by atoms with Crippen LogP contribution in [0.5, 0.6) is 11.5 Å². The summed E-state index contributed by atoms with van der Waals surface area (Å²) >= 11 is 6.31. The van der Waals surface area contributed by atoms with Crippen molar-refractivity contribution in [1.29, 1.82) is 5.26 Å². The van der Waals surface area contributed by atoms with E-state index in [1.54, 1.807) is 12.1 Å². The molecule has 0 unspecified atom stereocenters. The molecule has 32 heavy (non-hydrogen) atoms. The number of carbonyl (C=O) groups excluding carboxylic acids is 1. The zero-order valence-corrected chi connectivity index (χ0v) is 17.6. The molecule has 3 rings (SSSR count). The Hall–Kier alpha value is -3.89. The van der Waals surface area contributed by atoms with Gasteiger partial charge in [0.2, 0.25) is 0 Å². The maximum absolute atomic E-state index is 14.1. The van der Waals surface area contributed by atoms with Gasteiger partial charge in [-0.3, -0.25) is 4.79 Å². The Morgan fingerprint density at radius 2 is 1.88 bits per heavy atom. The Kier molecular flexibility index (Phi) is 7.42. The average molecular weight is 455 g/mol. The Morgan fingerprint density at radius 1 is 1.16 bits per heavy atom. The van der Waals surface area contributed by atoms with Gasteiger partial charge < -0.3 is 14.8 Å². The van der Waals surface area contributed by atoms with Crippen LogP contribution >= 0.6 is 11.6 Å². The molecule has 5 nitrogen and oxygen atoms in total. The lowest BCUT2D eigenvalue weighted by Gasteiger charge is -2.13. The summed E-state index contributed by atoms with van der Waals surface area (Å²) in [5.41, 5.74) is 1.15. The quantitative estimate of drug-likeness (QED) is 0.366. The average Bonchev–Trinajstić information content (AvgIpc) is 2.78. The van der Waals surface area contributed by atoms with E-state index in [4.69, 9.17) is 21.1 Å². The molecule has 3 aromatic carbocycles. The molecule has 0 aliphatic rings. The van der Waals surface area contributed by atoms with E-state index in [9.17, 15) is 18.8 Å². The molecule has 0 aliphatic heterocycles. The number of ether oxygens (including phenoxy) is 2. The largest absolute Gasteiger partial charge is 0.493 e. The molecule has 3 aromatic rings. The van der Waals surface area contributed by atoms with Crippen molar-refractivity contribution in [3.63, 3.8) is 0 Å². The second-order valence-electron chi connectivity index (χ2n) is 6.53. The highest BCUT2D eigenvalue weighted by Crippen LogP contribution is 2.37. The number of halogens is 3. The fourth-order valence-corrected chi connectivity index (χ4v) is 3.12. The molecule has 0 heterocycles. The number of allylic oxidation sites excluding steroid dienone is 1. The topological polar surface area (TPSA) is 71.3 Å². The van der Waals surface area contributed by atoms with Crippen LogP contribution in [0, 0.1) is 23.0 Å². The third-order valence-corrected chi connectivity index (χ3v) is 4.60. The number of carbonyl (C=O) groups is 1. The first-order chi connectivity index (χ1) is 15.4. The van der Waals surface area contributed by atoms with Crippen LogP contribution in [0.2, 0.25) is 5.02 Å². The highest BCUT2D eigenvalue weighted by atomic mass is 35.5. The lowest BCUT2D eigenvalue weighted by Crippen LogP contribution is -2.20. The van der Waals surface area contributed by atoms with Gasteiger partial charge in [0.25, 0.3) is 5.91 Å². The van der Waals surface area contributed by atoms with Crippen molar-refractivity contribution in [2.75, 3.05) is 19.0 Å². The van der Waals surface area contributed by atoms with Gasteiger partial charge in [0.15, 0.2) is 18.1 Å². The molecule has 162 valence electrons. The smallest absolute Gasteiger partial charge is 0.262 e. The van der Waals surface area contributed by atoms with Crippen LogP contribution in [0.15, 0.2) is 60.7 Å². The third-order valence-electron chi connectivity index (χ3n) is 4.32. The predicted octanol–water partition coefficient (Wildman–Crippen LogP) is 5.71. The van der Waals surface area contributed by atoms with Crippen molar-refractivity contribution in [2.24, 2.45) is 0 Å². The Bertz CT molecular complexity index is 1200. The summed E-state index contributed by atoms with van der Waals surface area (Å²) in [5.74, 6) is -1.07. The van der Waals surface area contributed by atoms with E-state index >= 15 is 0 Å². The molecule has 0 spiro atoms. The summed E-state index contributed by atoms with van der Waals surface area (Å²) < 4.78 is 37.8. The minimum Gasteiger partial charge on any atom is -0.493 e. The third kappa shape index (κ3) is 5.62. The van der Waals surface area contributed by atoms with Crippen LogP contribution in [0.3, 0.4) is 0 Å². The van der Waals surface area contributed by atoms with E-state index in [2.05, 4.69) is 5.32 Å². The number of nitrogens with one attached hydrogen (secondary N) is 1. The van der Waals surface area contributed by atoms with Crippen LogP contribution < -0.4 is 14.8 Å². The van der Waals surface area contributed by atoms with E-state index in [1.165, 1.54) is 61.7 Å². The van der Waals surface area contributed by atoms with Crippen LogP contribution in [-0.4, -0.2) is 19.6 Å². The number of benzene rings is 3. The van der Waals surface area contributed by atoms with Crippen molar-refractivity contribution in [3.05, 3.63) is 88.4 Å². The molecule has 0 fully saturated rings. The molecule has 0 saturated heterocycles. The molecule has 0 radical (unpaired) electrons. The van der Waals surface area contributed by atoms with Gasteiger partial charge in [-0.25, -0.2) is 8.78 Å². The summed E-state index contributed by atoms with van der Waals surface area (Å²) in [6.07, 6.45) is 1.47. The van der Waals surface area contributed by atoms with Gasteiger partial charge in [-0.1, -0.05) is 29.8 Å². The number of anilines is 1. The van der Waals surface area contributed by atoms with E-state index in [-0.39, 0.29) is 34.3 Å². The molecular weight excluding hydrogens is 438 g/mol. The molecule has 0 saturated carbocycles. The van der Waals surface area contributed by atoms with Crippen LogP contribution in [-0.2, 0) is 4.79 Å². The molecule has 0 aromatic heterocycles. The van der Waals surface area contributed by atoms with E-state index < -0.39 is 17.5 Å². The molecule has 0 atom stereocenters. The number of hydrogen-bond donors (Lipinski definition) is 1. The number of rotatable bonds is 7. The number of nitrogens with zero attached hydrogens (tertiary/aromatic N) is 1. The summed E-state index contributed by atoms with van der Waals surface area (Å²) in [5, 5.41) is 12.2. The molecular formula is C24H17ClF2N2O3. The van der Waals surface area contributed by atoms with E-state index in [1.807, 2.05) is 6.07 Å². The first-order valence-electron chi connectivity index (χ1n) is 9.33. The first-order valence-corrected chi connectivity index (χ1v) is 9.71. The molecule has 1 N–H and O–H groups in total. The highest BCUT2D eigenvalue weighted by Gasteiger charge is 2.15. The van der Waals surface area contributed by atoms with Gasteiger partial charge in [-0.15, -0.1) is 0 Å². The second kappa shape index (κ2) is 10.4. The first kappa shape index (κ1) is 22.8. The summed E-state index contributed by atoms with van der Waals surface area (Å²) in [6, 6.07) is 16.3. The minimum atomic E-state index is -0.523. The lowest BCUT2D eigenvalue weighted by molar-refractivity contribution is -0.118. The number of nitriles is 1. The van der Waals surface area contributed by atoms with Crippen LogP contribution in [0.4, 0.5) is 14.5 Å². The van der Waals surface area contributed by atoms with Gasteiger partial charge in [0, 0.05) is 11.3 Å². The Morgan fingerprint density at radius 3 is 2.53 bits per heavy atom. The van der Waals surface area contributed by atoms with E-state index in [0.717, 1.165) is 0 Å². The molecule has 0 bridgehead atoms. The normalized spacial score (nSPS) is 10.9. The monoisotopic (exact) mass is 454 g/mol. The zero-order valence-electron chi connectivity index (χ0n) is 16.9. The second-order valence-corrected chi connectivity index (χ2v) is 6.93. The summed E-state index contributed by atoms with van der Waals surface area (Å²) in [4.78, 5) is 12.1. The van der Waals surface area contributed by atoms with Crippen molar-refractivity contribution >= 4 is 34.8 Å². The zero-order chi connectivity index (χ0) is 23.1. The maximum atomic E-state index is 14.1. The fraction of sp³-hybridized carbons (Fsp3) is 0.0833. The number of hydrogen-bond acceptors (Lipinski definition) is 4. The summed E-state index contributed by atoms with van der Waals surface area (Å²) in [6.45, 7) is -0.374. The van der Waals surface area contributed by atoms with Gasteiger partial charge in [0.05, 0.1) is 23.8 Å². The van der Waals surface area contributed by atoms with Gasteiger partial charge in [-0.2, -0.15) is 5.26 Å². The highest BCUT2D eigenvalue weighted by molar-refractivity contribution is 6.32. The summed E-state index contributed by atoms with van der Waals surface area (Å²) in [7, 11) is 1.40. The number of amides is 1. The number of methoxy groups -OCH3 is 1. The molecule has 8 heteroatoms. The molecule has 1 amide bonds. The van der Waals surface area contributed by atoms with Crippen LogP contribution in [0.25, 0.3) is 11.6 Å². The maximum Gasteiger partial charge on any atom is 0.262 e. The minimum absolute atomic E-state index is 0.105. The Balaban J connectivity index is 1.79. The van der Waals surface area contributed by atoms with Crippen molar-refractivity contribution in [3.8, 4) is 17.6 Å². The SMILES string of the molecule is COc1cc(C=C(C#N)c2ccccc2F)cc(Cl)c1OCC(=O)Nc1ccc(F)cc1. The van der Waals surface area contributed by atoms with E-state index in [0.29, 0.717) is 11.3 Å². The van der Waals surface area contributed by atoms with Gasteiger partial charge in [0.1, 0.15) is 11.6 Å². The van der Waals surface area contributed by atoms with Crippen molar-refractivity contribution < 1.29 is 23.0 Å². The predicted molar refractivity (Wildman–Crippen MR) is 118 cm³/mol.